The first-order valence-electron chi connectivity index (χ1n) is 12.6. The number of hydrogen-bond donors (Lipinski definition) is 0. The molecule has 0 aliphatic carbocycles. The largest absolute Gasteiger partial charge is 0.466 e. The van der Waals surface area contributed by atoms with Gasteiger partial charge in [0.25, 0.3) is 5.91 Å². The highest BCUT2D eigenvalue weighted by Gasteiger charge is 2.28. The summed E-state index contributed by atoms with van der Waals surface area (Å²) in [5.74, 6) is -0.807. The number of likely N-dealkylation sites (tertiary alicyclic amines) is 1. The van der Waals surface area contributed by atoms with Crippen molar-refractivity contribution in [3.63, 3.8) is 0 Å². The summed E-state index contributed by atoms with van der Waals surface area (Å²) in [6, 6.07) is 22.5. The fourth-order valence-electron chi connectivity index (χ4n) is 4.49. The average molecular weight is 503 g/mol. The highest BCUT2D eigenvalue weighted by molar-refractivity contribution is 6.06. The molecule has 7 heteroatoms. The molecule has 0 unspecified atom stereocenters. The van der Waals surface area contributed by atoms with Gasteiger partial charge in [-0.25, -0.2) is 4.39 Å². The number of carbonyl (C=O) groups excluding carboxylic acids is 3. The van der Waals surface area contributed by atoms with Gasteiger partial charge in [-0.1, -0.05) is 42.5 Å². The molecule has 0 saturated carbocycles. The number of benzene rings is 3. The number of carbonyl (C=O) groups is 3. The number of ether oxygens (including phenoxy) is 1. The number of piperidine rings is 1. The number of nitrogens with zero attached hydrogens (tertiary/aromatic N) is 2. The molecule has 2 amide bonds. The SMILES string of the molecule is CCOC(=O)C1CCN(C(=O)Cc2ccc(N(Cc3ccc(F)cc3)C(=O)c3ccccc3)cc2)CC1. The zero-order valence-corrected chi connectivity index (χ0v) is 20.9. The number of anilines is 1. The lowest BCUT2D eigenvalue weighted by Gasteiger charge is -2.31. The molecular weight excluding hydrogens is 471 g/mol. The Kier molecular flexibility index (Phi) is 8.67. The average Bonchev–Trinajstić information content (AvgIpc) is 2.93. The van der Waals surface area contributed by atoms with Crippen LogP contribution >= 0.6 is 0 Å². The molecule has 37 heavy (non-hydrogen) atoms. The Balaban J connectivity index is 1.44. The van der Waals surface area contributed by atoms with Crippen LogP contribution in [-0.4, -0.2) is 42.4 Å². The minimum atomic E-state index is -0.330. The van der Waals surface area contributed by atoms with E-state index in [1.54, 1.807) is 41.0 Å². The van der Waals surface area contributed by atoms with E-state index in [9.17, 15) is 18.8 Å². The molecule has 1 heterocycles. The van der Waals surface area contributed by atoms with E-state index >= 15 is 0 Å². The number of halogens is 1. The van der Waals surface area contributed by atoms with E-state index in [-0.39, 0.29) is 42.5 Å². The van der Waals surface area contributed by atoms with E-state index < -0.39 is 0 Å². The normalized spacial score (nSPS) is 13.7. The van der Waals surface area contributed by atoms with Crippen molar-refractivity contribution < 1.29 is 23.5 Å². The Morgan fingerprint density at radius 2 is 1.51 bits per heavy atom. The van der Waals surface area contributed by atoms with Crippen molar-refractivity contribution in [2.24, 2.45) is 5.92 Å². The van der Waals surface area contributed by atoms with Crippen molar-refractivity contribution >= 4 is 23.5 Å². The monoisotopic (exact) mass is 502 g/mol. The van der Waals surface area contributed by atoms with Crippen LogP contribution in [0.1, 0.15) is 41.3 Å². The van der Waals surface area contributed by atoms with Crippen molar-refractivity contribution in [3.8, 4) is 0 Å². The van der Waals surface area contributed by atoms with Crippen LogP contribution in [-0.2, 0) is 27.3 Å². The van der Waals surface area contributed by atoms with Crippen LogP contribution in [0.4, 0.5) is 10.1 Å². The third-order valence-electron chi connectivity index (χ3n) is 6.59. The molecule has 4 rings (SSSR count). The lowest BCUT2D eigenvalue weighted by molar-refractivity contribution is -0.151. The summed E-state index contributed by atoms with van der Waals surface area (Å²) in [7, 11) is 0. The maximum atomic E-state index is 13.4. The van der Waals surface area contributed by atoms with Crippen molar-refractivity contribution in [2.45, 2.75) is 32.7 Å². The number of rotatable bonds is 8. The molecule has 1 aliphatic heterocycles. The summed E-state index contributed by atoms with van der Waals surface area (Å²) in [6.45, 7) is 3.52. The Morgan fingerprint density at radius 3 is 2.14 bits per heavy atom. The Morgan fingerprint density at radius 1 is 0.892 bits per heavy atom. The first-order chi connectivity index (χ1) is 17.9. The van der Waals surface area contributed by atoms with E-state index in [0.717, 1.165) is 11.1 Å². The molecule has 6 nitrogen and oxygen atoms in total. The second-order valence-corrected chi connectivity index (χ2v) is 9.13. The predicted octanol–water partition coefficient (Wildman–Crippen LogP) is 5.02. The van der Waals surface area contributed by atoms with Crippen LogP contribution in [0.5, 0.6) is 0 Å². The smallest absolute Gasteiger partial charge is 0.309 e. The van der Waals surface area contributed by atoms with Crippen molar-refractivity contribution in [3.05, 3.63) is 101 Å². The molecule has 1 saturated heterocycles. The lowest BCUT2D eigenvalue weighted by Crippen LogP contribution is -2.41. The van der Waals surface area contributed by atoms with Gasteiger partial charge in [0.1, 0.15) is 5.82 Å². The molecule has 3 aromatic carbocycles. The topological polar surface area (TPSA) is 66.9 Å². The maximum Gasteiger partial charge on any atom is 0.309 e. The molecule has 0 bridgehead atoms. The number of esters is 1. The molecule has 0 radical (unpaired) electrons. The summed E-state index contributed by atoms with van der Waals surface area (Å²) in [6.07, 6.45) is 1.47. The molecule has 192 valence electrons. The standard InChI is InChI=1S/C30H31FN2O4/c1-2-37-30(36)25-16-18-32(19-17-25)28(34)20-22-10-14-27(15-11-22)33(21-23-8-12-26(31)13-9-23)29(35)24-6-4-3-5-7-24/h3-15,25H,2,16-21H2,1H3. The zero-order valence-electron chi connectivity index (χ0n) is 20.9. The summed E-state index contributed by atoms with van der Waals surface area (Å²) >= 11 is 0. The van der Waals surface area contributed by atoms with Crippen LogP contribution < -0.4 is 4.90 Å². The van der Waals surface area contributed by atoms with E-state index in [0.29, 0.717) is 43.8 Å². The van der Waals surface area contributed by atoms with Crippen molar-refractivity contribution in [1.29, 1.82) is 0 Å². The molecule has 1 fully saturated rings. The molecule has 1 aliphatic rings. The number of amides is 2. The van der Waals surface area contributed by atoms with Gasteiger partial charge in [-0.15, -0.1) is 0 Å². The van der Waals surface area contributed by atoms with Gasteiger partial charge in [-0.2, -0.15) is 0 Å². The van der Waals surface area contributed by atoms with Gasteiger partial charge in [-0.3, -0.25) is 14.4 Å². The molecule has 0 N–H and O–H groups in total. The van der Waals surface area contributed by atoms with E-state index in [1.807, 2.05) is 42.5 Å². The fraction of sp³-hybridized carbons (Fsp3) is 0.300. The molecule has 0 atom stereocenters. The van der Waals surface area contributed by atoms with Crippen LogP contribution in [0, 0.1) is 11.7 Å². The summed E-state index contributed by atoms with van der Waals surface area (Å²) in [4.78, 5) is 41.6. The fourth-order valence-corrected chi connectivity index (χ4v) is 4.49. The molecule has 0 spiro atoms. The highest BCUT2D eigenvalue weighted by Crippen LogP contribution is 2.23. The van der Waals surface area contributed by atoms with Crippen LogP contribution in [0.15, 0.2) is 78.9 Å². The predicted molar refractivity (Wildman–Crippen MR) is 139 cm³/mol. The Hall–Kier alpha value is -4.00. The summed E-state index contributed by atoms with van der Waals surface area (Å²) in [5.41, 5.74) is 2.88. The van der Waals surface area contributed by atoms with Gasteiger partial charge in [-0.05, 0) is 67.3 Å². The van der Waals surface area contributed by atoms with E-state index in [1.165, 1.54) is 12.1 Å². The van der Waals surface area contributed by atoms with E-state index in [4.69, 9.17) is 4.74 Å². The maximum absolute atomic E-state index is 13.4. The third-order valence-corrected chi connectivity index (χ3v) is 6.59. The number of hydrogen-bond acceptors (Lipinski definition) is 4. The molecular formula is C30H31FN2O4. The Labute approximate surface area is 216 Å². The van der Waals surface area contributed by atoms with Gasteiger partial charge in [0.05, 0.1) is 25.5 Å². The minimum absolute atomic E-state index is 0.0126. The zero-order chi connectivity index (χ0) is 26.2. The molecule has 3 aromatic rings. The van der Waals surface area contributed by atoms with Gasteiger partial charge in [0.15, 0.2) is 0 Å². The van der Waals surface area contributed by atoms with Crippen LogP contribution in [0.2, 0.25) is 0 Å². The second-order valence-electron chi connectivity index (χ2n) is 9.13. The van der Waals surface area contributed by atoms with Gasteiger partial charge in [0.2, 0.25) is 5.91 Å². The van der Waals surface area contributed by atoms with Crippen LogP contribution in [0.3, 0.4) is 0 Å². The second kappa shape index (κ2) is 12.3. The quantitative estimate of drug-likeness (QED) is 0.406. The van der Waals surface area contributed by atoms with Crippen molar-refractivity contribution in [1.82, 2.24) is 4.90 Å². The van der Waals surface area contributed by atoms with Crippen molar-refractivity contribution in [2.75, 3.05) is 24.6 Å². The van der Waals surface area contributed by atoms with E-state index in [2.05, 4.69) is 0 Å². The lowest BCUT2D eigenvalue weighted by atomic mass is 9.96. The van der Waals surface area contributed by atoms with Gasteiger partial charge < -0.3 is 14.5 Å². The summed E-state index contributed by atoms with van der Waals surface area (Å²) in [5, 5.41) is 0. The van der Waals surface area contributed by atoms with Crippen LogP contribution in [0.25, 0.3) is 0 Å². The highest BCUT2D eigenvalue weighted by atomic mass is 19.1. The first-order valence-corrected chi connectivity index (χ1v) is 12.6. The first kappa shape index (κ1) is 26.1. The third kappa shape index (κ3) is 6.82. The van der Waals surface area contributed by atoms with Gasteiger partial charge >= 0.3 is 5.97 Å². The molecule has 0 aromatic heterocycles. The Bertz CT molecular complexity index is 1200. The minimum Gasteiger partial charge on any atom is -0.466 e. The van der Waals surface area contributed by atoms with Gasteiger partial charge in [0, 0.05) is 24.3 Å². The summed E-state index contributed by atoms with van der Waals surface area (Å²) < 4.78 is 18.5.